The standard InChI is InChI=1S/C10H16N6/c1-4-16-6-8(2)13-10(16)11-5-9-14-12-7-15(9)3/h6-7H,4-5H2,1-3H3,(H,11,13). The van der Waals surface area contributed by atoms with Crippen molar-refractivity contribution in [2.45, 2.75) is 26.9 Å². The Labute approximate surface area is 94.3 Å². The summed E-state index contributed by atoms with van der Waals surface area (Å²) in [5, 5.41) is 11.1. The summed E-state index contributed by atoms with van der Waals surface area (Å²) in [6.45, 7) is 5.61. The zero-order valence-electron chi connectivity index (χ0n) is 9.80. The molecule has 0 aliphatic rings. The van der Waals surface area contributed by atoms with Crippen LogP contribution in [0.3, 0.4) is 0 Å². The van der Waals surface area contributed by atoms with Crippen LogP contribution in [-0.2, 0) is 20.1 Å². The third-order valence-electron chi connectivity index (χ3n) is 2.45. The van der Waals surface area contributed by atoms with Gasteiger partial charge in [0.2, 0.25) is 5.95 Å². The van der Waals surface area contributed by atoms with Crippen LogP contribution < -0.4 is 5.32 Å². The van der Waals surface area contributed by atoms with Gasteiger partial charge in [0.1, 0.15) is 6.33 Å². The molecule has 0 unspecified atom stereocenters. The molecule has 16 heavy (non-hydrogen) atoms. The second-order valence-corrected chi connectivity index (χ2v) is 3.70. The van der Waals surface area contributed by atoms with Gasteiger partial charge in [0.15, 0.2) is 5.82 Å². The Kier molecular flexibility index (Phi) is 2.89. The van der Waals surface area contributed by atoms with Crippen molar-refractivity contribution >= 4 is 5.95 Å². The zero-order valence-corrected chi connectivity index (χ0v) is 9.80. The predicted molar refractivity (Wildman–Crippen MR) is 61.0 cm³/mol. The highest BCUT2D eigenvalue weighted by Crippen LogP contribution is 2.08. The second kappa shape index (κ2) is 4.34. The van der Waals surface area contributed by atoms with Gasteiger partial charge in [-0.1, -0.05) is 0 Å². The molecule has 0 atom stereocenters. The van der Waals surface area contributed by atoms with E-state index in [9.17, 15) is 0 Å². The summed E-state index contributed by atoms with van der Waals surface area (Å²) in [5.41, 5.74) is 1.02. The van der Waals surface area contributed by atoms with Crippen molar-refractivity contribution in [2.75, 3.05) is 5.32 Å². The van der Waals surface area contributed by atoms with E-state index in [0.717, 1.165) is 24.0 Å². The number of aromatic nitrogens is 5. The smallest absolute Gasteiger partial charge is 0.203 e. The summed E-state index contributed by atoms with van der Waals surface area (Å²) >= 11 is 0. The minimum atomic E-state index is 0.632. The van der Waals surface area contributed by atoms with E-state index in [-0.39, 0.29) is 0 Å². The first-order valence-electron chi connectivity index (χ1n) is 5.31. The topological polar surface area (TPSA) is 60.6 Å². The summed E-state index contributed by atoms with van der Waals surface area (Å²) in [6.07, 6.45) is 3.72. The molecule has 0 saturated carbocycles. The molecule has 0 saturated heterocycles. The number of imidazole rings is 1. The molecule has 0 aliphatic carbocycles. The molecule has 0 aliphatic heterocycles. The van der Waals surface area contributed by atoms with E-state index in [2.05, 4.69) is 32.0 Å². The van der Waals surface area contributed by atoms with Crippen molar-refractivity contribution in [2.24, 2.45) is 7.05 Å². The molecule has 6 nitrogen and oxygen atoms in total. The Morgan fingerprint density at radius 3 is 2.88 bits per heavy atom. The molecule has 0 radical (unpaired) electrons. The molecule has 2 aromatic heterocycles. The van der Waals surface area contributed by atoms with Gasteiger partial charge in [-0.25, -0.2) is 4.98 Å². The molecule has 2 rings (SSSR count). The normalized spacial score (nSPS) is 10.7. The van der Waals surface area contributed by atoms with Crippen LogP contribution in [0.25, 0.3) is 0 Å². The zero-order chi connectivity index (χ0) is 11.5. The Hall–Kier alpha value is -1.85. The first-order valence-corrected chi connectivity index (χ1v) is 5.31. The molecule has 0 bridgehead atoms. The van der Waals surface area contributed by atoms with Crippen LogP contribution in [0.5, 0.6) is 0 Å². The molecule has 2 heterocycles. The number of nitrogens with zero attached hydrogens (tertiary/aromatic N) is 5. The largest absolute Gasteiger partial charge is 0.348 e. The number of anilines is 1. The Morgan fingerprint density at radius 2 is 2.25 bits per heavy atom. The fourth-order valence-electron chi connectivity index (χ4n) is 1.55. The summed E-state index contributed by atoms with van der Waals surface area (Å²) in [7, 11) is 1.93. The summed E-state index contributed by atoms with van der Waals surface area (Å²) in [6, 6.07) is 0. The number of rotatable bonds is 4. The van der Waals surface area contributed by atoms with Crippen LogP contribution in [0.2, 0.25) is 0 Å². The van der Waals surface area contributed by atoms with Gasteiger partial charge in [-0.05, 0) is 13.8 Å². The van der Waals surface area contributed by atoms with E-state index < -0.39 is 0 Å². The van der Waals surface area contributed by atoms with Gasteiger partial charge in [0.25, 0.3) is 0 Å². The minimum Gasteiger partial charge on any atom is -0.348 e. The Morgan fingerprint density at radius 1 is 1.44 bits per heavy atom. The lowest BCUT2D eigenvalue weighted by Crippen LogP contribution is -2.09. The second-order valence-electron chi connectivity index (χ2n) is 3.70. The van der Waals surface area contributed by atoms with Crippen molar-refractivity contribution in [1.82, 2.24) is 24.3 Å². The van der Waals surface area contributed by atoms with Crippen molar-refractivity contribution in [3.63, 3.8) is 0 Å². The van der Waals surface area contributed by atoms with E-state index in [1.807, 2.05) is 24.7 Å². The van der Waals surface area contributed by atoms with Gasteiger partial charge < -0.3 is 14.5 Å². The third kappa shape index (κ3) is 2.05. The van der Waals surface area contributed by atoms with Crippen LogP contribution in [-0.4, -0.2) is 24.3 Å². The SMILES string of the molecule is CCn1cc(C)nc1NCc1nncn1C. The van der Waals surface area contributed by atoms with Crippen LogP contribution >= 0.6 is 0 Å². The van der Waals surface area contributed by atoms with Gasteiger partial charge in [0, 0.05) is 19.8 Å². The molecular formula is C10H16N6. The molecule has 0 aromatic carbocycles. The summed E-state index contributed by atoms with van der Waals surface area (Å²) in [5.74, 6) is 1.77. The number of aryl methyl sites for hydroxylation is 3. The molecule has 1 N–H and O–H groups in total. The van der Waals surface area contributed by atoms with Crippen LogP contribution in [0.15, 0.2) is 12.5 Å². The Balaban J connectivity index is 2.07. The molecule has 6 heteroatoms. The predicted octanol–water partition coefficient (Wildman–Crippen LogP) is 0.952. The number of hydrogen-bond acceptors (Lipinski definition) is 4. The summed E-state index contributed by atoms with van der Waals surface area (Å²) in [4.78, 5) is 4.40. The lowest BCUT2D eigenvalue weighted by atomic mass is 10.5. The fourth-order valence-corrected chi connectivity index (χ4v) is 1.55. The highest BCUT2D eigenvalue weighted by molar-refractivity contribution is 5.28. The maximum atomic E-state index is 4.40. The lowest BCUT2D eigenvalue weighted by molar-refractivity contribution is 0.749. The maximum Gasteiger partial charge on any atom is 0.203 e. The van der Waals surface area contributed by atoms with Gasteiger partial charge in [-0.2, -0.15) is 0 Å². The molecule has 0 fully saturated rings. The first-order chi connectivity index (χ1) is 7.70. The van der Waals surface area contributed by atoms with E-state index in [1.54, 1.807) is 6.33 Å². The molecule has 2 aromatic rings. The number of hydrogen-bond donors (Lipinski definition) is 1. The molecule has 0 spiro atoms. The van der Waals surface area contributed by atoms with Crippen molar-refractivity contribution in [3.05, 3.63) is 24.0 Å². The average molecular weight is 220 g/mol. The van der Waals surface area contributed by atoms with Crippen molar-refractivity contribution in [1.29, 1.82) is 0 Å². The first kappa shape index (κ1) is 10.7. The van der Waals surface area contributed by atoms with Gasteiger partial charge in [-0.3, -0.25) is 0 Å². The van der Waals surface area contributed by atoms with Gasteiger partial charge in [0.05, 0.1) is 12.2 Å². The van der Waals surface area contributed by atoms with E-state index in [1.165, 1.54) is 0 Å². The van der Waals surface area contributed by atoms with Gasteiger partial charge >= 0.3 is 0 Å². The highest BCUT2D eigenvalue weighted by atomic mass is 15.3. The highest BCUT2D eigenvalue weighted by Gasteiger charge is 2.05. The molecule has 0 amide bonds. The van der Waals surface area contributed by atoms with Crippen LogP contribution in [0.4, 0.5) is 5.95 Å². The lowest BCUT2D eigenvalue weighted by Gasteiger charge is -2.06. The molecule has 86 valence electrons. The minimum absolute atomic E-state index is 0.632. The van der Waals surface area contributed by atoms with Crippen LogP contribution in [0, 0.1) is 6.92 Å². The van der Waals surface area contributed by atoms with Crippen molar-refractivity contribution in [3.8, 4) is 0 Å². The Bertz CT molecular complexity index is 469. The van der Waals surface area contributed by atoms with E-state index in [4.69, 9.17) is 0 Å². The van der Waals surface area contributed by atoms with Gasteiger partial charge in [-0.15, -0.1) is 10.2 Å². The maximum absolute atomic E-state index is 4.40. The van der Waals surface area contributed by atoms with Crippen LogP contribution in [0.1, 0.15) is 18.4 Å². The van der Waals surface area contributed by atoms with Crippen molar-refractivity contribution < 1.29 is 0 Å². The van der Waals surface area contributed by atoms with E-state index in [0.29, 0.717) is 6.54 Å². The fraction of sp³-hybridized carbons (Fsp3) is 0.500. The monoisotopic (exact) mass is 220 g/mol. The third-order valence-corrected chi connectivity index (χ3v) is 2.45. The summed E-state index contributed by atoms with van der Waals surface area (Å²) < 4.78 is 3.96. The quantitative estimate of drug-likeness (QED) is 0.833. The average Bonchev–Trinajstić information content (AvgIpc) is 2.81. The number of nitrogens with one attached hydrogen (secondary N) is 1. The van der Waals surface area contributed by atoms with E-state index >= 15 is 0 Å². The molecular weight excluding hydrogens is 204 g/mol.